The minimum Gasteiger partial charge on any atom is -0.481 e. The Balaban J connectivity index is -0.000000316. The molecule has 6 N–H and O–H groups in total. The van der Waals surface area contributed by atoms with Gasteiger partial charge in [0.2, 0.25) is 0 Å². The lowest BCUT2D eigenvalue weighted by Crippen LogP contribution is -2.04. The second-order valence-corrected chi connectivity index (χ2v) is 5.46. The normalized spacial score (nSPS) is 9.38. The predicted molar refractivity (Wildman–Crippen MR) is 90.8 cm³/mol. The number of unbranched alkanes of at least 4 members (excludes halogenated alkanes) is 2. The first-order valence-electron chi connectivity index (χ1n) is 8.15. The Labute approximate surface area is 152 Å². The SMILES string of the molecule is CC(CO)CO.O=C(O)CCCCC(=O)O.O=C(O)CCCCC(=O)O. The molecule has 0 aromatic rings. The van der Waals surface area contributed by atoms with Crippen LogP contribution < -0.4 is 0 Å². The Morgan fingerprint density at radius 1 is 0.577 bits per heavy atom. The van der Waals surface area contributed by atoms with E-state index in [9.17, 15) is 19.2 Å². The summed E-state index contributed by atoms with van der Waals surface area (Å²) in [5.74, 6) is -3.43. The summed E-state index contributed by atoms with van der Waals surface area (Å²) in [5.41, 5.74) is 0. The van der Waals surface area contributed by atoms with E-state index >= 15 is 0 Å². The molecule has 0 heterocycles. The fourth-order valence-electron chi connectivity index (χ4n) is 1.16. The van der Waals surface area contributed by atoms with Crippen LogP contribution in [0.3, 0.4) is 0 Å². The summed E-state index contributed by atoms with van der Waals surface area (Å²) >= 11 is 0. The topological polar surface area (TPSA) is 190 Å². The monoisotopic (exact) mass is 382 g/mol. The summed E-state index contributed by atoms with van der Waals surface area (Å²) in [6.45, 7) is 1.94. The number of hydrogen-bond donors (Lipinski definition) is 6. The fraction of sp³-hybridized carbons (Fsp3) is 0.750. The summed E-state index contributed by atoms with van der Waals surface area (Å²) in [4.78, 5) is 39.6. The lowest BCUT2D eigenvalue weighted by molar-refractivity contribution is -0.139. The van der Waals surface area contributed by atoms with Crippen LogP contribution in [0.4, 0.5) is 0 Å². The molecule has 0 rings (SSSR count). The zero-order valence-corrected chi connectivity index (χ0v) is 15.0. The van der Waals surface area contributed by atoms with Gasteiger partial charge in [0.25, 0.3) is 0 Å². The molecule has 26 heavy (non-hydrogen) atoms. The van der Waals surface area contributed by atoms with Crippen LogP contribution in [0.5, 0.6) is 0 Å². The molecule has 10 nitrogen and oxygen atoms in total. The molecule has 0 saturated carbocycles. The second kappa shape index (κ2) is 20.8. The summed E-state index contributed by atoms with van der Waals surface area (Å²) in [7, 11) is 0. The Bertz CT molecular complexity index is 326. The first-order valence-corrected chi connectivity index (χ1v) is 8.15. The predicted octanol–water partition coefficient (Wildman–Crippen LogP) is 1.04. The third kappa shape index (κ3) is 37.8. The number of rotatable bonds is 12. The smallest absolute Gasteiger partial charge is 0.303 e. The molecular formula is C16H30O10. The van der Waals surface area contributed by atoms with Crippen molar-refractivity contribution in [3.05, 3.63) is 0 Å². The van der Waals surface area contributed by atoms with Crippen molar-refractivity contribution in [2.24, 2.45) is 5.92 Å². The first kappa shape index (κ1) is 28.6. The van der Waals surface area contributed by atoms with Gasteiger partial charge in [0.1, 0.15) is 0 Å². The van der Waals surface area contributed by atoms with Gasteiger partial charge in [0, 0.05) is 44.8 Å². The highest BCUT2D eigenvalue weighted by atomic mass is 16.4. The molecule has 0 fully saturated rings. The average molecular weight is 382 g/mol. The fourth-order valence-corrected chi connectivity index (χ4v) is 1.16. The van der Waals surface area contributed by atoms with Crippen molar-refractivity contribution in [2.45, 2.75) is 58.3 Å². The Hall–Kier alpha value is -2.20. The van der Waals surface area contributed by atoms with E-state index in [1.54, 1.807) is 6.92 Å². The number of carboxylic acid groups (broad SMARTS) is 4. The van der Waals surface area contributed by atoms with Crippen LogP contribution in [0.2, 0.25) is 0 Å². The van der Waals surface area contributed by atoms with Crippen LogP contribution >= 0.6 is 0 Å². The molecule has 0 aromatic heterocycles. The van der Waals surface area contributed by atoms with E-state index in [0.29, 0.717) is 25.7 Å². The highest BCUT2D eigenvalue weighted by molar-refractivity contribution is 5.68. The molecule has 0 bridgehead atoms. The van der Waals surface area contributed by atoms with E-state index in [4.69, 9.17) is 30.6 Å². The standard InChI is InChI=1S/2C6H10O4.C4H10O2/c2*7-5(8)3-1-2-4-6(9)10;1-4(2-5)3-6/h2*1-4H2,(H,7,8)(H,9,10);4-6H,2-3H2,1H3. The molecule has 10 heteroatoms. The molecular weight excluding hydrogens is 352 g/mol. The number of aliphatic hydroxyl groups is 2. The lowest BCUT2D eigenvalue weighted by Gasteiger charge is -1.97. The average Bonchev–Trinajstić information content (AvgIpc) is 2.55. The van der Waals surface area contributed by atoms with Crippen molar-refractivity contribution in [1.29, 1.82) is 0 Å². The maximum Gasteiger partial charge on any atom is 0.303 e. The van der Waals surface area contributed by atoms with Crippen LogP contribution in [0.1, 0.15) is 58.3 Å². The van der Waals surface area contributed by atoms with Gasteiger partial charge in [-0.05, 0) is 25.7 Å². The van der Waals surface area contributed by atoms with Crippen molar-refractivity contribution in [2.75, 3.05) is 13.2 Å². The summed E-state index contributed by atoms with van der Waals surface area (Å²) < 4.78 is 0. The Kier molecular flexibility index (Phi) is 22.9. The third-order valence-electron chi connectivity index (χ3n) is 2.69. The molecule has 0 saturated heterocycles. The van der Waals surface area contributed by atoms with Crippen LogP contribution in [0.15, 0.2) is 0 Å². The molecule has 0 spiro atoms. The maximum absolute atomic E-state index is 9.90. The number of hydrogen-bond acceptors (Lipinski definition) is 6. The highest BCUT2D eigenvalue weighted by Crippen LogP contribution is 1.99. The van der Waals surface area contributed by atoms with Gasteiger partial charge in [0.05, 0.1) is 0 Å². The molecule has 0 aromatic carbocycles. The van der Waals surface area contributed by atoms with Crippen molar-refractivity contribution in [3.8, 4) is 0 Å². The van der Waals surface area contributed by atoms with Gasteiger partial charge in [-0.15, -0.1) is 0 Å². The molecule has 0 aliphatic rings. The van der Waals surface area contributed by atoms with E-state index in [-0.39, 0.29) is 44.8 Å². The van der Waals surface area contributed by atoms with Gasteiger partial charge in [-0.2, -0.15) is 0 Å². The molecule has 0 aliphatic heterocycles. The maximum atomic E-state index is 9.90. The molecule has 0 radical (unpaired) electrons. The van der Waals surface area contributed by atoms with Crippen molar-refractivity contribution >= 4 is 23.9 Å². The number of aliphatic hydroxyl groups excluding tert-OH is 2. The Morgan fingerprint density at radius 3 is 0.846 bits per heavy atom. The van der Waals surface area contributed by atoms with Crippen LogP contribution in [0.25, 0.3) is 0 Å². The van der Waals surface area contributed by atoms with Gasteiger partial charge in [-0.25, -0.2) is 0 Å². The number of carbonyl (C=O) groups is 4. The van der Waals surface area contributed by atoms with Gasteiger partial charge in [0.15, 0.2) is 0 Å². The molecule has 0 atom stereocenters. The first-order chi connectivity index (χ1) is 12.1. The van der Waals surface area contributed by atoms with Crippen LogP contribution in [0, 0.1) is 5.92 Å². The molecule has 154 valence electrons. The van der Waals surface area contributed by atoms with Crippen molar-refractivity contribution in [3.63, 3.8) is 0 Å². The van der Waals surface area contributed by atoms with E-state index < -0.39 is 23.9 Å². The summed E-state index contributed by atoms with van der Waals surface area (Å²) in [5, 5.41) is 48.9. The van der Waals surface area contributed by atoms with E-state index in [1.165, 1.54) is 0 Å². The van der Waals surface area contributed by atoms with E-state index in [2.05, 4.69) is 0 Å². The van der Waals surface area contributed by atoms with Crippen molar-refractivity contribution < 1.29 is 49.8 Å². The molecule has 0 aliphatic carbocycles. The quantitative estimate of drug-likeness (QED) is 0.266. The highest BCUT2D eigenvalue weighted by Gasteiger charge is 1.99. The minimum absolute atomic E-state index is 0.0463. The minimum atomic E-state index is -0.870. The zero-order valence-electron chi connectivity index (χ0n) is 15.0. The lowest BCUT2D eigenvalue weighted by atomic mass is 10.2. The van der Waals surface area contributed by atoms with E-state index in [1.807, 2.05) is 0 Å². The second-order valence-electron chi connectivity index (χ2n) is 5.46. The zero-order chi connectivity index (χ0) is 21.0. The number of carboxylic acids is 4. The number of aliphatic carboxylic acids is 4. The van der Waals surface area contributed by atoms with Gasteiger partial charge in [-0.1, -0.05) is 6.92 Å². The van der Waals surface area contributed by atoms with Gasteiger partial charge in [-0.3, -0.25) is 19.2 Å². The van der Waals surface area contributed by atoms with Crippen LogP contribution in [-0.2, 0) is 19.2 Å². The molecule has 0 unspecified atom stereocenters. The van der Waals surface area contributed by atoms with Crippen molar-refractivity contribution in [1.82, 2.24) is 0 Å². The summed E-state index contributed by atoms with van der Waals surface area (Å²) in [6.07, 6.45) is 2.04. The molecule has 0 amide bonds. The largest absolute Gasteiger partial charge is 0.481 e. The summed E-state index contributed by atoms with van der Waals surface area (Å²) in [6, 6.07) is 0. The van der Waals surface area contributed by atoms with Gasteiger partial charge >= 0.3 is 23.9 Å². The third-order valence-corrected chi connectivity index (χ3v) is 2.69. The van der Waals surface area contributed by atoms with Crippen LogP contribution in [-0.4, -0.2) is 67.7 Å². The van der Waals surface area contributed by atoms with Gasteiger partial charge < -0.3 is 30.6 Å². The van der Waals surface area contributed by atoms with E-state index in [0.717, 1.165) is 0 Å². The Morgan fingerprint density at radius 2 is 0.769 bits per heavy atom.